The van der Waals surface area contributed by atoms with Gasteiger partial charge in [0, 0.05) is 0 Å². The SMILES string of the molecule is Fc1cc(CP(Br)(c2ccccc2)(c2ccccc2)c2ccccc2)ccc1Br. The Balaban J connectivity index is 2.08. The van der Waals surface area contributed by atoms with Gasteiger partial charge >= 0.3 is 188 Å². The second kappa shape index (κ2) is 8.14. The van der Waals surface area contributed by atoms with Crippen molar-refractivity contribution in [2.45, 2.75) is 6.16 Å². The molecular weight excluding hydrogens is 510 g/mol. The van der Waals surface area contributed by atoms with Crippen molar-refractivity contribution in [1.82, 2.24) is 0 Å². The Bertz CT molecular complexity index is 1020. The average Bonchev–Trinajstić information content (AvgIpc) is 2.78. The molecule has 0 aliphatic carbocycles. The molecule has 4 rings (SSSR count). The summed E-state index contributed by atoms with van der Waals surface area (Å²) < 4.78 is 14.9. The van der Waals surface area contributed by atoms with E-state index in [4.69, 9.17) is 0 Å². The first kappa shape index (κ1) is 20.5. The quantitative estimate of drug-likeness (QED) is 0.246. The summed E-state index contributed by atoms with van der Waals surface area (Å²) in [6, 6.07) is 37.1. The van der Waals surface area contributed by atoms with Crippen molar-refractivity contribution in [2.75, 3.05) is 0 Å². The van der Waals surface area contributed by atoms with Crippen LogP contribution in [-0.2, 0) is 6.16 Å². The third-order valence-corrected chi connectivity index (χ3v) is 15.5. The van der Waals surface area contributed by atoms with Crippen LogP contribution < -0.4 is 15.9 Å². The van der Waals surface area contributed by atoms with Gasteiger partial charge in [0.05, 0.1) is 0 Å². The van der Waals surface area contributed by atoms with E-state index in [-0.39, 0.29) is 5.82 Å². The van der Waals surface area contributed by atoms with Crippen LogP contribution in [0, 0.1) is 5.82 Å². The van der Waals surface area contributed by atoms with Crippen LogP contribution in [-0.4, -0.2) is 0 Å². The molecule has 0 amide bonds. The Kier molecular flexibility index (Phi) is 5.75. The van der Waals surface area contributed by atoms with Crippen molar-refractivity contribution in [3.05, 3.63) is 125 Å². The van der Waals surface area contributed by atoms with Gasteiger partial charge in [-0.1, -0.05) is 0 Å². The summed E-state index contributed by atoms with van der Waals surface area (Å²) in [6.45, 7) is 0. The molecule has 0 fully saturated rings. The predicted molar refractivity (Wildman–Crippen MR) is 132 cm³/mol. The minimum atomic E-state index is -3.09. The zero-order chi connectivity index (χ0) is 20.3. The van der Waals surface area contributed by atoms with E-state index in [1.54, 1.807) is 12.1 Å². The monoisotopic (exact) mass is 528 g/mol. The molecule has 0 aliphatic rings. The van der Waals surface area contributed by atoms with Crippen molar-refractivity contribution in [3.63, 3.8) is 0 Å². The summed E-state index contributed by atoms with van der Waals surface area (Å²) in [7, 11) is 0. The van der Waals surface area contributed by atoms with Crippen molar-refractivity contribution >= 4 is 52.6 Å². The molecule has 0 radical (unpaired) electrons. The third-order valence-electron chi connectivity index (χ3n) is 5.35. The standard InChI is InChI=1S/C25H20Br2FP/c26-24-17-16-20(18-25(24)28)19-29(27,21-10-4-1-5-11-21,22-12-6-2-7-13-22)23-14-8-3-9-15-23/h1-18H,19H2. The normalized spacial score (nSPS) is 12.9. The third kappa shape index (κ3) is 3.61. The summed E-state index contributed by atoms with van der Waals surface area (Å²) in [5, 5.41) is 0.573. The van der Waals surface area contributed by atoms with Crippen molar-refractivity contribution in [2.24, 2.45) is 0 Å². The maximum absolute atomic E-state index is 14.4. The second-order valence-corrected chi connectivity index (χ2v) is 16.9. The number of rotatable bonds is 5. The van der Waals surface area contributed by atoms with Gasteiger partial charge < -0.3 is 0 Å². The molecular formula is C25H20Br2FP. The maximum atomic E-state index is 14.4. The first-order valence-corrected chi connectivity index (χ1v) is 14.6. The molecule has 0 aliphatic heterocycles. The molecule has 4 aromatic carbocycles. The van der Waals surface area contributed by atoms with Crippen LogP contribution in [0.1, 0.15) is 5.56 Å². The Labute approximate surface area is 187 Å². The molecule has 0 heterocycles. The summed E-state index contributed by atoms with van der Waals surface area (Å²) in [5.41, 5.74) is 0.955. The fourth-order valence-electron chi connectivity index (χ4n) is 3.92. The van der Waals surface area contributed by atoms with E-state index < -0.39 is 5.31 Å². The van der Waals surface area contributed by atoms with Gasteiger partial charge in [-0.15, -0.1) is 0 Å². The van der Waals surface area contributed by atoms with Crippen LogP contribution >= 0.6 is 36.7 Å². The fraction of sp³-hybridized carbons (Fsp3) is 0.0400. The van der Waals surface area contributed by atoms with E-state index in [0.717, 1.165) is 5.56 Å². The zero-order valence-electron chi connectivity index (χ0n) is 15.7. The topological polar surface area (TPSA) is 0 Å². The van der Waals surface area contributed by atoms with Crippen molar-refractivity contribution in [3.8, 4) is 0 Å². The van der Waals surface area contributed by atoms with E-state index in [1.807, 2.05) is 24.3 Å². The van der Waals surface area contributed by atoms with Crippen LogP contribution in [0.2, 0.25) is 0 Å². The van der Waals surface area contributed by atoms with Gasteiger partial charge in [0.25, 0.3) is 0 Å². The van der Waals surface area contributed by atoms with E-state index in [9.17, 15) is 4.39 Å². The van der Waals surface area contributed by atoms with Crippen LogP contribution in [0.3, 0.4) is 0 Å². The van der Waals surface area contributed by atoms with Gasteiger partial charge in [0.1, 0.15) is 0 Å². The van der Waals surface area contributed by atoms with Crippen LogP contribution in [0.5, 0.6) is 0 Å². The summed E-state index contributed by atoms with van der Waals surface area (Å²) in [4.78, 5) is 0. The number of hydrogen-bond donors (Lipinski definition) is 0. The zero-order valence-corrected chi connectivity index (χ0v) is 19.7. The molecule has 4 heteroatoms. The summed E-state index contributed by atoms with van der Waals surface area (Å²) in [6.07, 6.45) is 0.674. The van der Waals surface area contributed by atoms with E-state index in [1.165, 1.54) is 15.9 Å². The van der Waals surface area contributed by atoms with Gasteiger partial charge in [-0.3, -0.25) is 0 Å². The molecule has 0 nitrogen and oxygen atoms in total. The van der Waals surface area contributed by atoms with E-state index in [2.05, 4.69) is 104 Å². The van der Waals surface area contributed by atoms with Crippen LogP contribution in [0.15, 0.2) is 114 Å². The summed E-state index contributed by atoms with van der Waals surface area (Å²) >= 11 is 7.67. The van der Waals surface area contributed by atoms with E-state index in [0.29, 0.717) is 10.6 Å². The average molecular weight is 530 g/mol. The molecule has 0 saturated carbocycles. The molecule has 0 unspecified atom stereocenters. The van der Waals surface area contributed by atoms with Crippen LogP contribution in [0.4, 0.5) is 4.39 Å². The molecule has 29 heavy (non-hydrogen) atoms. The second-order valence-electron chi connectivity index (χ2n) is 7.10. The van der Waals surface area contributed by atoms with Gasteiger partial charge in [-0.05, 0) is 0 Å². The Hall–Kier alpha value is -1.80. The van der Waals surface area contributed by atoms with E-state index >= 15 is 0 Å². The number of halogens is 3. The van der Waals surface area contributed by atoms with Crippen LogP contribution in [0.25, 0.3) is 0 Å². The van der Waals surface area contributed by atoms with Gasteiger partial charge in [0.15, 0.2) is 0 Å². The molecule has 4 aromatic rings. The molecule has 0 aromatic heterocycles. The minimum absolute atomic E-state index is 0.241. The first-order valence-electron chi connectivity index (χ1n) is 9.36. The molecule has 0 atom stereocenters. The molecule has 146 valence electrons. The molecule has 0 bridgehead atoms. The Morgan fingerprint density at radius 2 is 1.03 bits per heavy atom. The van der Waals surface area contributed by atoms with Crippen molar-refractivity contribution < 1.29 is 4.39 Å². The Morgan fingerprint density at radius 3 is 1.41 bits per heavy atom. The molecule has 0 saturated heterocycles. The fourth-order valence-corrected chi connectivity index (χ4v) is 11.9. The summed E-state index contributed by atoms with van der Waals surface area (Å²) in [5.74, 6) is -0.241. The Morgan fingerprint density at radius 1 is 0.621 bits per heavy atom. The number of hydrogen-bond acceptors (Lipinski definition) is 0. The molecule has 0 N–H and O–H groups in total. The number of benzene rings is 4. The molecule has 0 spiro atoms. The van der Waals surface area contributed by atoms with Gasteiger partial charge in [-0.25, -0.2) is 0 Å². The predicted octanol–water partition coefficient (Wildman–Crippen LogP) is 6.93. The van der Waals surface area contributed by atoms with Gasteiger partial charge in [-0.2, -0.15) is 0 Å². The first-order chi connectivity index (χ1) is 14.0. The van der Waals surface area contributed by atoms with Gasteiger partial charge in [0.2, 0.25) is 0 Å². The van der Waals surface area contributed by atoms with Crippen molar-refractivity contribution in [1.29, 1.82) is 0 Å².